The van der Waals surface area contributed by atoms with E-state index in [1.807, 2.05) is 37.3 Å². The van der Waals surface area contributed by atoms with E-state index in [1.165, 1.54) is 23.9 Å². The van der Waals surface area contributed by atoms with E-state index in [9.17, 15) is 9.18 Å². The van der Waals surface area contributed by atoms with Crippen LogP contribution in [0.2, 0.25) is 0 Å². The molecular weight excluding hydrogens is 311 g/mol. The highest BCUT2D eigenvalue weighted by molar-refractivity contribution is 8.00. The van der Waals surface area contributed by atoms with Crippen LogP contribution in [0.1, 0.15) is 17.7 Å². The smallest absolute Gasteiger partial charge is 0.238 e. The zero-order valence-corrected chi connectivity index (χ0v) is 13.9. The van der Waals surface area contributed by atoms with Gasteiger partial charge in [0.05, 0.1) is 0 Å². The van der Waals surface area contributed by atoms with Crippen LogP contribution in [0.3, 0.4) is 0 Å². The Balaban J connectivity index is 2.08. The first kappa shape index (κ1) is 17.5. The van der Waals surface area contributed by atoms with Gasteiger partial charge in [-0.15, -0.1) is 11.8 Å². The minimum absolute atomic E-state index is 0.0385. The van der Waals surface area contributed by atoms with Gasteiger partial charge in [0.25, 0.3) is 0 Å². The van der Waals surface area contributed by atoms with Crippen molar-refractivity contribution in [1.82, 2.24) is 10.6 Å². The topological polar surface area (TPSA) is 41.1 Å². The summed E-state index contributed by atoms with van der Waals surface area (Å²) >= 11 is 1.42. The minimum Gasteiger partial charge on any atom is -0.354 e. The van der Waals surface area contributed by atoms with E-state index in [-0.39, 0.29) is 17.0 Å². The van der Waals surface area contributed by atoms with Crippen molar-refractivity contribution in [2.75, 3.05) is 19.6 Å². The van der Waals surface area contributed by atoms with E-state index in [0.29, 0.717) is 6.54 Å². The Bertz CT molecular complexity index is 604. The summed E-state index contributed by atoms with van der Waals surface area (Å²) in [7, 11) is 0. The van der Waals surface area contributed by atoms with Crippen LogP contribution in [0.25, 0.3) is 0 Å². The predicted molar refractivity (Wildman–Crippen MR) is 93.0 cm³/mol. The summed E-state index contributed by atoms with van der Waals surface area (Å²) in [6.07, 6.45) is 0. The number of likely N-dealkylation sites (N-methyl/N-ethyl adjacent to an activating group) is 1. The third-order valence-corrected chi connectivity index (χ3v) is 4.53. The molecule has 0 aliphatic heterocycles. The number of hydrogen-bond acceptors (Lipinski definition) is 3. The molecule has 0 aliphatic rings. The Morgan fingerprint density at radius 1 is 1.09 bits per heavy atom. The predicted octanol–water partition coefficient (Wildman–Crippen LogP) is 3.38. The van der Waals surface area contributed by atoms with Gasteiger partial charge < -0.3 is 10.6 Å². The third kappa shape index (κ3) is 5.69. The molecule has 0 aliphatic carbocycles. The average Bonchev–Trinajstić information content (AvgIpc) is 2.59. The zero-order valence-electron chi connectivity index (χ0n) is 13.1. The zero-order chi connectivity index (χ0) is 16.5. The van der Waals surface area contributed by atoms with Crippen molar-refractivity contribution >= 4 is 17.7 Å². The molecule has 3 nitrogen and oxygen atoms in total. The molecular formula is C18H21FN2OS. The van der Waals surface area contributed by atoms with Crippen molar-refractivity contribution in [3.05, 3.63) is 66.0 Å². The highest BCUT2D eigenvalue weighted by atomic mass is 32.2. The third-order valence-electron chi connectivity index (χ3n) is 3.26. The molecule has 5 heteroatoms. The number of halogens is 1. The number of benzene rings is 2. The lowest BCUT2D eigenvalue weighted by Gasteiger charge is -2.17. The summed E-state index contributed by atoms with van der Waals surface area (Å²) in [5.41, 5.74) is 0.933. The largest absolute Gasteiger partial charge is 0.354 e. The van der Waals surface area contributed by atoms with E-state index in [1.54, 1.807) is 12.1 Å². The maximum absolute atomic E-state index is 13.0. The average molecular weight is 332 g/mol. The van der Waals surface area contributed by atoms with Gasteiger partial charge in [-0.25, -0.2) is 4.39 Å². The van der Waals surface area contributed by atoms with Gasteiger partial charge in [0.15, 0.2) is 0 Å². The van der Waals surface area contributed by atoms with Crippen molar-refractivity contribution in [2.45, 2.75) is 17.1 Å². The molecule has 1 atom stereocenters. The molecule has 1 unspecified atom stereocenters. The lowest BCUT2D eigenvalue weighted by molar-refractivity contribution is -0.120. The molecule has 0 saturated heterocycles. The lowest BCUT2D eigenvalue weighted by Crippen LogP contribution is -2.34. The summed E-state index contributed by atoms with van der Waals surface area (Å²) in [5, 5.41) is 5.77. The second kappa shape index (κ2) is 9.33. The number of carbonyl (C=O) groups is 1. The van der Waals surface area contributed by atoms with Crippen molar-refractivity contribution in [3.63, 3.8) is 0 Å². The molecule has 0 radical (unpaired) electrons. The minimum atomic E-state index is -0.358. The summed E-state index contributed by atoms with van der Waals surface area (Å²) in [4.78, 5) is 13.4. The molecule has 0 saturated carbocycles. The van der Waals surface area contributed by atoms with E-state index in [0.717, 1.165) is 23.5 Å². The van der Waals surface area contributed by atoms with Gasteiger partial charge in [-0.1, -0.05) is 37.3 Å². The summed E-state index contributed by atoms with van der Waals surface area (Å²) in [5.74, 6) is -0.316. The molecule has 0 bridgehead atoms. The van der Waals surface area contributed by atoms with Crippen LogP contribution in [-0.4, -0.2) is 25.5 Å². The molecule has 2 aromatic rings. The molecule has 2 aromatic carbocycles. The van der Waals surface area contributed by atoms with Gasteiger partial charge >= 0.3 is 0 Å². The number of carbonyl (C=O) groups excluding carboxylic acids is 1. The van der Waals surface area contributed by atoms with Crippen LogP contribution in [0, 0.1) is 5.82 Å². The number of thioether (sulfide) groups is 1. The van der Waals surface area contributed by atoms with Gasteiger partial charge in [-0.05, 0) is 36.4 Å². The van der Waals surface area contributed by atoms with Gasteiger partial charge in [-0.2, -0.15) is 0 Å². The molecule has 0 aromatic heterocycles. The highest BCUT2D eigenvalue weighted by Crippen LogP contribution is 2.35. The van der Waals surface area contributed by atoms with Crippen molar-refractivity contribution in [1.29, 1.82) is 0 Å². The van der Waals surface area contributed by atoms with Crippen molar-refractivity contribution in [3.8, 4) is 0 Å². The molecule has 23 heavy (non-hydrogen) atoms. The first-order valence-electron chi connectivity index (χ1n) is 7.66. The number of hydrogen-bond donors (Lipinski definition) is 2. The van der Waals surface area contributed by atoms with Crippen LogP contribution in [0.5, 0.6) is 0 Å². The van der Waals surface area contributed by atoms with Gasteiger partial charge in [0, 0.05) is 18.0 Å². The normalized spacial score (nSPS) is 11.9. The number of amides is 1. The maximum Gasteiger partial charge on any atom is 0.238 e. The van der Waals surface area contributed by atoms with E-state index < -0.39 is 0 Å². The van der Waals surface area contributed by atoms with Crippen molar-refractivity contribution < 1.29 is 9.18 Å². The van der Waals surface area contributed by atoms with Gasteiger partial charge in [0.2, 0.25) is 5.91 Å². The van der Waals surface area contributed by atoms with Crippen LogP contribution >= 0.6 is 11.8 Å². The molecule has 1 amide bonds. The number of rotatable bonds is 8. The first-order valence-corrected chi connectivity index (χ1v) is 8.54. The van der Waals surface area contributed by atoms with Gasteiger partial charge in [0.1, 0.15) is 11.1 Å². The van der Waals surface area contributed by atoms with E-state index in [2.05, 4.69) is 10.6 Å². The quantitative estimate of drug-likeness (QED) is 0.575. The van der Waals surface area contributed by atoms with Crippen LogP contribution in [0.4, 0.5) is 4.39 Å². The Labute approximate surface area is 140 Å². The Kier molecular flexibility index (Phi) is 7.10. The van der Waals surface area contributed by atoms with Crippen LogP contribution in [0.15, 0.2) is 59.5 Å². The lowest BCUT2D eigenvalue weighted by atomic mass is 10.1. The van der Waals surface area contributed by atoms with Crippen LogP contribution < -0.4 is 10.6 Å². The molecule has 122 valence electrons. The van der Waals surface area contributed by atoms with Gasteiger partial charge in [-0.3, -0.25) is 4.79 Å². The number of nitrogens with one attached hydrogen (secondary N) is 2. The Morgan fingerprint density at radius 3 is 2.43 bits per heavy atom. The summed E-state index contributed by atoms with van der Waals surface area (Å²) in [6, 6.07) is 15.8. The summed E-state index contributed by atoms with van der Waals surface area (Å²) < 4.78 is 13.0. The molecule has 2 N–H and O–H groups in total. The Hall–Kier alpha value is -1.85. The summed E-state index contributed by atoms with van der Waals surface area (Å²) in [6.45, 7) is 4.23. The van der Waals surface area contributed by atoms with Crippen LogP contribution in [-0.2, 0) is 4.79 Å². The van der Waals surface area contributed by atoms with E-state index >= 15 is 0 Å². The SMILES string of the molecule is CCNCCNC(=O)C(Sc1ccc(F)cc1)c1ccccc1. The maximum atomic E-state index is 13.0. The van der Waals surface area contributed by atoms with Crippen molar-refractivity contribution in [2.24, 2.45) is 0 Å². The molecule has 2 rings (SSSR count). The standard InChI is InChI=1S/C18H21FN2OS/c1-2-20-12-13-21-18(22)17(14-6-4-3-5-7-14)23-16-10-8-15(19)9-11-16/h3-11,17,20H,2,12-13H2,1H3,(H,21,22). The second-order valence-electron chi connectivity index (χ2n) is 5.01. The molecule has 0 heterocycles. The monoisotopic (exact) mass is 332 g/mol. The first-order chi connectivity index (χ1) is 11.2. The van der Waals surface area contributed by atoms with E-state index in [4.69, 9.17) is 0 Å². The fourth-order valence-corrected chi connectivity index (χ4v) is 3.14. The fraction of sp³-hybridized carbons (Fsp3) is 0.278. The molecule has 0 fully saturated rings. The fourth-order valence-electron chi connectivity index (χ4n) is 2.09. The Morgan fingerprint density at radius 2 is 1.78 bits per heavy atom. The highest BCUT2D eigenvalue weighted by Gasteiger charge is 2.21. The molecule has 0 spiro atoms. The second-order valence-corrected chi connectivity index (χ2v) is 6.19.